The average molecular weight is 415 g/mol. The largest absolute Gasteiger partial charge is 0.457 e. The molecule has 1 N–H and O–H groups in total. The number of carbonyl (C=O) groups is 2. The molecule has 0 bridgehead atoms. The van der Waals surface area contributed by atoms with Crippen LogP contribution in [0.1, 0.15) is 34.3 Å². The number of hydrogen-bond acceptors (Lipinski definition) is 3. The lowest BCUT2D eigenvalue weighted by Gasteiger charge is -2.29. The molecule has 3 aromatic rings. The molecule has 3 aromatic carbocycles. The van der Waals surface area contributed by atoms with Gasteiger partial charge < -0.3 is 15.0 Å². The van der Waals surface area contributed by atoms with Crippen molar-refractivity contribution in [2.24, 2.45) is 0 Å². The van der Waals surface area contributed by atoms with Crippen molar-refractivity contribution < 1.29 is 14.3 Å². The minimum atomic E-state index is -0.203. The second-order valence-corrected chi connectivity index (χ2v) is 7.60. The quantitative estimate of drug-likeness (QED) is 0.576. The molecule has 5 heteroatoms. The number of fused-ring (bicyclic) bond motifs is 1. The Morgan fingerprint density at radius 1 is 0.871 bits per heavy atom. The Kier molecular flexibility index (Phi) is 6.62. The van der Waals surface area contributed by atoms with Gasteiger partial charge in [-0.05, 0) is 48.2 Å². The summed E-state index contributed by atoms with van der Waals surface area (Å²) in [5.41, 5.74) is 3.03. The van der Waals surface area contributed by atoms with E-state index in [-0.39, 0.29) is 11.8 Å². The van der Waals surface area contributed by atoms with Crippen LogP contribution >= 0.6 is 0 Å². The van der Waals surface area contributed by atoms with E-state index < -0.39 is 0 Å². The molecule has 0 unspecified atom stereocenters. The van der Waals surface area contributed by atoms with E-state index in [0.717, 1.165) is 13.0 Å². The molecule has 1 aliphatic heterocycles. The van der Waals surface area contributed by atoms with Gasteiger partial charge in [0.05, 0.1) is 5.56 Å². The van der Waals surface area contributed by atoms with Crippen molar-refractivity contribution in [3.8, 4) is 11.5 Å². The third-order valence-corrected chi connectivity index (χ3v) is 5.44. The van der Waals surface area contributed by atoms with Crippen LogP contribution in [0.25, 0.3) is 0 Å². The zero-order chi connectivity index (χ0) is 21.5. The molecule has 5 nitrogen and oxygen atoms in total. The minimum absolute atomic E-state index is 0.136. The Labute approximate surface area is 182 Å². The van der Waals surface area contributed by atoms with Crippen LogP contribution in [0.4, 0.5) is 0 Å². The van der Waals surface area contributed by atoms with Crippen LogP contribution in [-0.4, -0.2) is 29.8 Å². The van der Waals surface area contributed by atoms with Crippen LogP contribution < -0.4 is 10.1 Å². The fourth-order valence-corrected chi connectivity index (χ4v) is 3.76. The number of para-hydroxylation sites is 2. The Morgan fingerprint density at radius 3 is 2.42 bits per heavy atom. The molecule has 0 aliphatic carbocycles. The molecule has 0 saturated heterocycles. The highest BCUT2D eigenvalue weighted by Gasteiger charge is 2.20. The SMILES string of the molecule is O=C(NCCCC(=O)N1CCc2ccccc2C1)c1ccccc1Oc1ccccc1. The van der Waals surface area contributed by atoms with Crippen LogP contribution in [-0.2, 0) is 17.8 Å². The van der Waals surface area contributed by atoms with Crippen LogP contribution in [0.5, 0.6) is 11.5 Å². The topological polar surface area (TPSA) is 58.6 Å². The highest BCUT2D eigenvalue weighted by Crippen LogP contribution is 2.25. The van der Waals surface area contributed by atoms with Gasteiger partial charge >= 0.3 is 0 Å². The lowest BCUT2D eigenvalue weighted by Crippen LogP contribution is -2.36. The van der Waals surface area contributed by atoms with E-state index in [1.807, 2.05) is 59.5 Å². The molecule has 158 valence electrons. The molecule has 0 saturated carbocycles. The second-order valence-electron chi connectivity index (χ2n) is 7.60. The second kappa shape index (κ2) is 9.94. The molecule has 1 heterocycles. The standard InChI is InChI=1S/C26H26N2O3/c29-25(28-18-16-20-9-4-5-10-21(20)19-28)15-8-17-27-26(30)23-13-6-7-14-24(23)31-22-11-2-1-3-12-22/h1-7,9-14H,8,15-19H2,(H,27,30). The maximum absolute atomic E-state index is 12.7. The molecule has 4 rings (SSSR count). The first-order valence-electron chi connectivity index (χ1n) is 10.7. The minimum Gasteiger partial charge on any atom is -0.457 e. The van der Waals surface area contributed by atoms with Gasteiger partial charge in [-0.2, -0.15) is 0 Å². The first-order chi connectivity index (χ1) is 15.2. The Hall–Kier alpha value is -3.60. The van der Waals surface area contributed by atoms with Gasteiger partial charge in [0.1, 0.15) is 11.5 Å². The number of hydrogen-bond donors (Lipinski definition) is 1. The zero-order valence-electron chi connectivity index (χ0n) is 17.4. The summed E-state index contributed by atoms with van der Waals surface area (Å²) in [6.07, 6.45) is 1.92. The monoisotopic (exact) mass is 414 g/mol. The van der Waals surface area contributed by atoms with Crippen molar-refractivity contribution in [3.63, 3.8) is 0 Å². The Morgan fingerprint density at radius 2 is 1.58 bits per heavy atom. The van der Waals surface area contributed by atoms with Crippen LogP contribution in [0.15, 0.2) is 78.9 Å². The van der Waals surface area contributed by atoms with Gasteiger partial charge in [-0.3, -0.25) is 9.59 Å². The van der Waals surface area contributed by atoms with E-state index >= 15 is 0 Å². The molecule has 31 heavy (non-hydrogen) atoms. The lowest BCUT2D eigenvalue weighted by atomic mass is 9.99. The van der Waals surface area contributed by atoms with Crippen molar-refractivity contribution in [1.29, 1.82) is 0 Å². The van der Waals surface area contributed by atoms with E-state index in [1.54, 1.807) is 12.1 Å². The molecular weight excluding hydrogens is 388 g/mol. The number of rotatable bonds is 7. The number of benzene rings is 3. The van der Waals surface area contributed by atoms with Crippen LogP contribution in [0.2, 0.25) is 0 Å². The predicted octanol–water partition coefficient (Wildman–Crippen LogP) is 4.57. The van der Waals surface area contributed by atoms with Crippen molar-refractivity contribution in [2.75, 3.05) is 13.1 Å². The fourth-order valence-electron chi connectivity index (χ4n) is 3.76. The average Bonchev–Trinajstić information content (AvgIpc) is 2.82. The van der Waals surface area contributed by atoms with Gasteiger partial charge in [0.15, 0.2) is 0 Å². The van der Waals surface area contributed by atoms with Crippen molar-refractivity contribution in [3.05, 3.63) is 95.6 Å². The summed E-state index contributed by atoms with van der Waals surface area (Å²) in [5.74, 6) is 1.12. The van der Waals surface area contributed by atoms with E-state index in [9.17, 15) is 9.59 Å². The summed E-state index contributed by atoms with van der Waals surface area (Å²) in [6.45, 7) is 1.87. The molecule has 2 amide bonds. The molecule has 0 aromatic heterocycles. The summed E-state index contributed by atoms with van der Waals surface area (Å²) >= 11 is 0. The Bertz CT molecular complexity index is 1050. The maximum atomic E-state index is 12.7. The molecule has 1 aliphatic rings. The molecule has 0 atom stereocenters. The van der Waals surface area contributed by atoms with E-state index in [0.29, 0.717) is 43.0 Å². The number of nitrogens with one attached hydrogen (secondary N) is 1. The Balaban J connectivity index is 1.26. The fraction of sp³-hybridized carbons (Fsp3) is 0.231. The van der Waals surface area contributed by atoms with Gasteiger partial charge in [0.2, 0.25) is 5.91 Å². The zero-order valence-corrected chi connectivity index (χ0v) is 17.4. The first kappa shape index (κ1) is 20.7. The normalized spacial score (nSPS) is 12.7. The third-order valence-electron chi connectivity index (χ3n) is 5.44. The molecule has 0 fully saturated rings. The van der Waals surface area contributed by atoms with E-state index in [1.165, 1.54) is 11.1 Å². The lowest BCUT2D eigenvalue weighted by molar-refractivity contribution is -0.132. The number of ether oxygens (including phenoxy) is 1. The first-order valence-corrected chi connectivity index (χ1v) is 10.7. The van der Waals surface area contributed by atoms with Crippen LogP contribution in [0.3, 0.4) is 0 Å². The number of carbonyl (C=O) groups excluding carboxylic acids is 2. The van der Waals surface area contributed by atoms with E-state index in [4.69, 9.17) is 4.74 Å². The summed E-state index contributed by atoms with van der Waals surface area (Å²) in [6, 6.07) is 24.8. The molecule has 0 radical (unpaired) electrons. The van der Waals surface area contributed by atoms with Gasteiger partial charge in [-0.25, -0.2) is 0 Å². The van der Waals surface area contributed by atoms with E-state index in [2.05, 4.69) is 17.4 Å². The van der Waals surface area contributed by atoms with Gasteiger partial charge in [0.25, 0.3) is 5.91 Å². The summed E-state index contributed by atoms with van der Waals surface area (Å²) < 4.78 is 5.86. The molecular formula is C26H26N2O3. The third kappa shape index (κ3) is 5.31. The smallest absolute Gasteiger partial charge is 0.255 e. The highest BCUT2D eigenvalue weighted by atomic mass is 16.5. The summed E-state index contributed by atoms with van der Waals surface area (Å²) in [4.78, 5) is 27.1. The maximum Gasteiger partial charge on any atom is 0.255 e. The van der Waals surface area contributed by atoms with Crippen LogP contribution in [0, 0.1) is 0 Å². The number of nitrogens with zero attached hydrogens (tertiary/aromatic N) is 1. The summed E-state index contributed by atoms with van der Waals surface area (Å²) in [7, 11) is 0. The van der Waals surface area contributed by atoms with Gasteiger partial charge in [-0.1, -0.05) is 54.6 Å². The van der Waals surface area contributed by atoms with Crippen molar-refractivity contribution >= 4 is 11.8 Å². The molecule has 0 spiro atoms. The van der Waals surface area contributed by atoms with Crippen molar-refractivity contribution in [2.45, 2.75) is 25.8 Å². The van der Waals surface area contributed by atoms with Gasteiger partial charge in [0, 0.05) is 26.1 Å². The van der Waals surface area contributed by atoms with Gasteiger partial charge in [-0.15, -0.1) is 0 Å². The highest BCUT2D eigenvalue weighted by molar-refractivity contribution is 5.97. The number of amides is 2. The summed E-state index contributed by atoms with van der Waals surface area (Å²) in [5, 5.41) is 2.91. The predicted molar refractivity (Wildman–Crippen MR) is 120 cm³/mol. The van der Waals surface area contributed by atoms with Crippen molar-refractivity contribution in [1.82, 2.24) is 10.2 Å².